The molecule has 2 aromatic heterocycles. The van der Waals surface area contributed by atoms with Crippen LogP contribution in [-0.2, 0) is 31.9 Å². The number of carbonyl (C=O) groups is 4. The lowest BCUT2D eigenvalue weighted by Gasteiger charge is -2.34. The summed E-state index contributed by atoms with van der Waals surface area (Å²) in [7, 11) is 5.59. The highest BCUT2D eigenvalue weighted by Gasteiger charge is 2.39. The number of benzene rings is 4. The van der Waals surface area contributed by atoms with Crippen LogP contribution in [0.5, 0.6) is 11.5 Å². The fourth-order valence-electron chi connectivity index (χ4n) is 12.1. The molecule has 4 aliphatic rings. The maximum atomic E-state index is 14.3. The van der Waals surface area contributed by atoms with Crippen LogP contribution in [0.15, 0.2) is 60.7 Å². The van der Waals surface area contributed by atoms with Crippen molar-refractivity contribution in [3.05, 3.63) is 106 Å². The number of carboxylic acid groups (broad SMARTS) is 2. The van der Waals surface area contributed by atoms with Gasteiger partial charge in [0.25, 0.3) is 0 Å². The van der Waals surface area contributed by atoms with Crippen LogP contribution in [0.1, 0.15) is 136 Å². The first-order chi connectivity index (χ1) is 36.5. The Balaban J connectivity index is 0.000000186. The number of hydrogen-bond acceptors (Lipinski definition) is 12. The third-order valence-corrected chi connectivity index (χ3v) is 15.9. The fourth-order valence-corrected chi connectivity index (χ4v) is 12.1. The summed E-state index contributed by atoms with van der Waals surface area (Å²) in [5, 5.41) is 42.7. The number of halogens is 2. The first kappa shape index (κ1) is 53.5. The van der Waals surface area contributed by atoms with Gasteiger partial charge in [0.05, 0.1) is 73.7 Å². The Morgan fingerprint density at radius 1 is 0.579 bits per heavy atom. The molecule has 20 heteroatoms. The molecule has 6 aromatic rings. The van der Waals surface area contributed by atoms with Gasteiger partial charge in [0.2, 0.25) is 0 Å². The number of imidazole rings is 2. The van der Waals surface area contributed by atoms with E-state index < -0.39 is 59.8 Å². The normalized spacial score (nSPS) is 22.1. The first-order valence-corrected chi connectivity index (χ1v) is 25.8. The Hall–Kier alpha value is -7.32. The largest absolute Gasteiger partial charge is 0.496 e. The summed E-state index contributed by atoms with van der Waals surface area (Å²) in [6, 6.07) is 14.7. The van der Waals surface area contributed by atoms with Gasteiger partial charge in [-0.15, -0.1) is 0 Å². The number of methoxy groups -OCH3 is 4. The van der Waals surface area contributed by atoms with Crippen molar-refractivity contribution in [3.8, 4) is 11.5 Å². The van der Waals surface area contributed by atoms with Gasteiger partial charge in [0.1, 0.15) is 47.0 Å². The van der Waals surface area contributed by atoms with Crippen molar-refractivity contribution in [3.63, 3.8) is 0 Å². The highest BCUT2D eigenvalue weighted by Crippen LogP contribution is 2.46. The van der Waals surface area contributed by atoms with Crippen LogP contribution in [0.3, 0.4) is 0 Å². The second-order valence-corrected chi connectivity index (χ2v) is 20.3. The average Bonchev–Trinajstić information content (AvgIpc) is 4.02. The zero-order valence-corrected chi connectivity index (χ0v) is 43.4. The minimum absolute atomic E-state index is 0.0641. The average molecular weight is 1050 g/mol. The molecule has 4 aromatic carbocycles. The Labute approximate surface area is 437 Å². The van der Waals surface area contributed by atoms with E-state index in [9.17, 15) is 48.4 Å². The number of aliphatic hydroxyl groups is 2. The number of ether oxygens (including phenoxy) is 4. The standard InChI is InChI=1S/2C28H32FN3O6/c2*1-15-7-9-19-21(31(15)28(36)38-3)10-11-22-24(19)30-26(25(33)20-14-17(29)8-12-23(20)37-2)32(22)18-6-4-5-16(13-18)27(34)35/h2*8,10-12,14-16,18,25,33H,4-7,9,13H2,1-3H3,(H,34,35)/t15-,16+,18+,25+;15-,16+,18+,25-/m00/s1. The molecule has 2 fully saturated rings. The van der Waals surface area contributed by atoms with Crippen molar-refractivity contribution in [2.24, 2.45) is 11.8 Å². The SMILES string of the molecule is COC(=O)N1c2ccc3c(nc([C@@H](O)c4cc(F)ccc4OC)n3[C@@H]3CCC[C@@H](C(=O)O)C3)c2CC[C@@H]1C.COC(=O)N1c2ccc3c(nc([C@H](O)c4cc(F)ccc4OC)n3[C@@H]3CCC[C@@H](C(=O)O)C3)c2CC[C@@H]1C. The molecule has 2 aliphatic carbocycles. The number of carboxylic acids is 2. The number of carbonyl (C=O) groups excluding carboxylic acids is 2. The minimum Gasteiger partial charge on any atom is -0.496 e. The van der Waals surface area contributed by atoms with Crippen LogP contribution >= 0.6 is 0 Å². The van der Waals surface area contributed by atoms with Gasteiger partial charge < -0.3 is 48.5 Å². The summed E-state index contributed by atoms with van der Waals surface area (Å²) in [6.07, 6.45) is 4.02. The van der Waals surface area contributed by atoms with Crippen molar-refractivity contribution in [1.82, 2.24) is 19.1 Å². The number of rotatable bonds is 10. The van der Waals surface area contributed by atoms with E-state index in [2.05, 4.69) is 0 Å². The summed E-state index contributed by atoms with van der Waals surface area (Å²) < 4.78 is 53.2. The molecule has 8 atom stereocenters. The predicted octanol–water partition coefficient (Wildman–Crippen LogP) is 9.98. The van der Waals surface area contributed by atoms with Gasteiger partial charge in [-0.1, -0.05) is 12.8 Å². The first-order valence-electron chi connectivity index (χ1n) is 25.8. The summed E-state index contributed by atoms with van der Waals surface area (Å²) in [5.74, 6) is -2.53. The summed E-state index contributed by atoms with van der Waals surface area (Å²) in [5.41, 5.74) is 6.31. The third-order valence-electron chi connectivity index (χ3n) is 15.9. The maximum absolute atomic E-state index is 14.3. The maximum Gasteiger partial charge on any atom is 0.414 e. The fraction of sp³-hybridized carbons (Fsp3) is 0.464. The van der Waals surface area contributed by atoms with E-state index in [0.717, 1.165) is 47.8 Å². The lowest BCUT2D eigenvalue weighted by molar-refractivity contribution is -0.144. The van der Waals surface area contributed by atoms with Crippen molar-refractivity contribution in [1.29, 1.82) is 0 Å². The number of aliphatic carboxylic acids is 2. The second-order valence-electron chi connectivity index (χ2n) is 20.3. The molecular formula is C56H64F2N6O12. The predicted molar refractivity (Wildman–Crippen MR) is 276 cm³/mol. The topological polar surface area (TPSA) is 228 Å². The van der Waals surface area contributed by atoms with Crippen molar-refractivity contribution < 1.29 is 67.3 Å². The molecule has 0 unspecified atom stereocenters. The van der Waals surface area contributed by atoms with Crippen molar-refractivity contribution >= 4 is 57.6 Å². The molecule has 2 aliphatic heterocycles. The number of fused-ring (bicyclic) bond motifs is 6. The molecule has 2 saturated carbocycles. The Morgan fingerprint density at radius 3 is 1.33 bits per heavy atom. The lowest BCUT2D eigenvalue weighted by atomic mass is 9.85. The molecule has 4 heterocycles. The molecular weight excluding hydrogens is 987 g/mol. The molecule has 0 spiro atoms. The van der Waals surface area contributed by atoms with Crippen LogP contribution in [0.4, 0.5) is 29.7 Å². The van der Waals surface area contributed by atoms with Crippen molar-refractivity contribution in [2.45, 2.75) is 127 Å². The van der Waals surface area contributed by atoms with E-state index in [0.29, 0.717) is 85.3 Å². The van der Waals surface area contributed by atoms with Gasteiger partial charge in [-0.05, 0) is 139 Å². The van der Waals surface area contributed by atoms with E-state index >= 15 is 0 Å². The second kappa shape index (κ2) is 22.1. The third kappa shape index (κ3) is 9.87. The summed E-state index contributed by atoms with van der Waals surface area (Å²) in [4.78, 5) is 62.0. The molecule has 18 nitrogen and oxygen atoms in total. The lowest BCUT2D eigenvalue weighted by Crippen LogP contribution is -2.42. The molecule has 0 bridgehead atoms. The van der Waals surface area contributed by atoms with Gasteiger partial charge in [0, 0.05) is 46.4 Å². The van der Waals surface area contributed by atoms with E-state index in [1.807, 2.05) is 47.2 Å². The number of hydrogen-bond donors (Lipinski definition) is 4. The smallest absolute Gasteiger partial charge is 0.414 e. The summed E-state index contributed by atoms with van der Waals surface area (Å²) in [6.45, 7) is 3.92. The Bertz CT molecular complexity index is 2990. The monoisotopic (exact) mass is 1050 g/mol. The Kier molecular flexibility index (Phi) is 15.6. The van der Waals surface area contributed by atoms with E-state index in [1.54, 1.807) is 9.80 Å². The molecule has 2 amide bonds. The number of nitrogens with zero attached hydrogens (tertiary/aromatic N) is 6. The quantitative estimate of drug-likeness (QED) is 0.100. The van der Waals surface area contributed by atoms with Crippen molar-refractivity contribution in [2.75, 3.05) is 38.2 Å². The van der Waals surface area contributed by atoms with Gasteiger partial charge >= 0.3 is 24.1 Å². The van der Waals surface area contributed by atoms with Gasteiger partial charge in [-0.2, -0.15) is 0 Å². The molecule has 0 saturated heterocycles. The van der Waals surface area contributed by atoms with E-state index in [1.165, 1.54) is 64.8 Å². The zero-order chi connectivity index (χ0) is 54.3. The number of aliphatic hydroxyl groups excluding tert-OH is 2. The van der Waals surface area contributed by atoms with Crippen LogP contribution in [-0.4, -0.2) is 104 Å². The number of aromatic nitrogens is 4. The number of aryl methyl sites for hydroxylation is 2. The Morgan fingerprint density at radius 2 is 0.974 bits per heavy atom. The van der Waals surface area contributed by atoms with Crippen LogP contribution in [0.2, 0.25) is 0 Å². The van der Waals surface area contributed by atoms with E-state index in [-0.39, 0.29) is 46.9 Å². The van der Waals surface area contributed by atoms with Crippen LogP contribution < -0.4 is 19.3 Å². The molecule has 404 valence electrons. The molecule has 76 heavy (non-hydrogen) atoms. The highest BCUT2D eigenvalue weighted by atomic mass is 19.1. The van der Waals surface area contributed by atoms with Crippen LogP contribution in [0.25, 0.3) is 22.1 Å². The highest BCUT2D eigenvalue weighted by molar-refractivity contribution is 5.97. The molecule has 10 rings (SSSR count). The number of amides is 2. The summed E-state index contributed by atoms with van der Waals surface area (Å²) >= 11 is 0. The van der Waals surface area contributed by atoms with E-state index in [4.69, 9.17) is 28.9 Å². The minimum atomic E-state index is -1.33. The molecule has 4 N–H and O–H groups in total. The number of anilines is 2. The van der Waals surface area contributed by atoms with Crippen LogP contribution in [0, 0.1) is 23.5 Å². The molecule has 0 radical (unpaired) electrons. The van der Waals surface area contributed by atoms with Gasteiger partial charge in [-0.25, -0.2) is 28.3 Å². The van der Waals surface area contributed by atoms with Gasteiger partial charge in [0.15, 0.2) is 0 Å². The van der Waals surface area contributed by atoms with Gasteiger partial charge in [-0.3, -0.25) is 19.4 Å². The zero-order valence-electron chi connectivity index (χ0n) is 43.4.